The maximum absolute atomic E-state index is 14.8. The fraction of sp³-hybridized carbons (Fsp3) is 0.194. The van der Waals surface area contributed by atoms with Gasteiger partial charge in [0.05, 0.1) is 12.3 Å². The number of aliphatic hydroxyl groups is 1. The highest BCUT2D eigenvalue weighted by Crippen LogP contribution is 2.53. The second-order valence-electron chi connectivity index (χ2n) is 11.4. The summed E-state index contributed by atoms with van der Waals surface area (Å²) in [6.07, 6.45) is -5.11. The molecule has 4 aromatic rings. The molecule has 4 aromatic carbocycles. The molecule has 19 heteroatoms. The van der Waals surface area contributed by atoms with Crippen molar-refractivity contribution in [2.45, 2.75) is 37.4 Å². The second kappa shape index (κ2) is 20.2. The number of benzene rings is 4. The van der Waals surface area contributed by atoms with E-state index in [1.54, 1.807) is 115 Å². The second-order valence-corrected chi connectivity index (χ2v) is 13.5. The number of amides is 3. The Labute approximate surface area is 313 Å². The van der Waals surface area contributed by atoms with E-state index in [1.165, 1.54) is 6.92 Å². The molecule has 15 nitrogen and oxygen atoms in total. The predicted octanol–water partition coefficient (Wildman–Crippen LogP) is 3.86. The molecule has 0 spiro atoms. The van der Waals surface area contributed by atoms with E-state index in [0.29, 0.717) is 11.3 Å². The number of aliphatic imine (C=N–C) groups is 1. The van der Waals surface area contributed by atoms with Crippen molar-refractivity contribution in [2.24, 2.45) is 16.5 Å². The third-order valence-electron chi connectivity index (χ3n) is 7.10. The molecule has 9 N–H and O–H groups in total. The summed E-state index contributed by atoms with van der Waals surface area (Å²) in [6.45, 7) is 0.686. The van der Waals surface area contributed by atoms with Gasteiger partial charge in [0.1, 0.15) is 23.6 Å². The fourth-order valence-corrected chi connectivity index (χ4v) is 6.26. The minimum Gasteiger partial charge on any atom is -0.475 e. The normalized spacial score (nSPS) is 12.6. The van der Waals surface area contributed by atoms with Crippen molar-refractivity contribution in [1.82, 2.24) is 16.0 Å². The summed E-state index contributed by atoms with van der Waals surface area (Å²) >= 11 is 0. The van der Waals surface area contributed by atoms with E-state index < -0.39 is 61.9 Å². The van der Waals surface area contributed by atoms with Gasteiger partial charge in [-0.25, -0.2) is 14.4 Å². The van der Waals surface area contributed by atoms with E-state index in [4.69, 9.17) is 30.4 Å². The first-order valence-corrected chi connectivity index (χ1v) is 17.8. The van der Waals surface area contributed by atoms with Crippen molar-refractivity contribution >= 4 is 42.9 Å². The van der Waals surface area contributed by atoms with Gasteiger partial charge in [0.2, 0.25) is 11.8 Å². The van der Waals surface area contributed by atoms with Crippen LogP contribution in [0.1, 0.15) is 22.8 Å². The molecule has 0 saturated heterocycles. The molecule has 3 amide bonds. The van der Waals surface area contributed by atoms with Crippen LogP contribution in [0.5, 0.6) is 11.5 Å². The summed E-state index contributed by atoms with van der Waals surface area (Å²) < 4.78 is 58.5. The maximum atomic E-state index is 14.8. The smallest absolute Gasteiger partial charge is 0.475 e. The highest BCUT2D eigenvalue weighted by atomic mass is 31.2. The zero-order valence-corrected chi connectivity index (χ0v) is 29.9. The molecule has 4 rings (SSSR count). The maximum Gasteiger partial charge on any atom is 0.490 e. The molecule has 0 aliphatic rings. The molecule has 0 aromatic heterocycles. The number of nitrogens with zero attached hydrogens (tertiary/aromatic N) is 1. The van der Waals surface area contributed by atoms with Crippen LogP contribution in [-0.2, 0) is 25.4 Å². The SMILES string of the molecule is C[C@H](NC(=O)[C@@H](CO)NC(=O)c1ccccc1)C(=O)NC(Cc1ccc(N=C(N)N)cc1)P(=O)(Oc1ccccc1)Oc1ccccc1.O=C(O)C(F)(F)F. The zero-order valence-electron chi connectivity index (χ0n) is 29.1. The number of hydrogen-bond donors (Lipinski definition) is 7. The molecule has 0 saturated carbocycles. The number of carboxylic acid groups (broad SMARTS) is 1. The van der Waals surface area contributed by atoms with E-state index in [2.05, 4.69) is 20.9 Å². The Hall–Kier alpha value is -6.39. The summed E-state index contributed by atoms with van der Waals surface area (Å²) in [4.78, 5) is 52.1. The minimum atomic E-state index is -5.08. The van der Waals surface area contributed by atoms with Crippen molar-refractivity contribution in [3.05, 3.63) is 126 Å². The predicted molar refractivity (Wildman–Crippen MR) is 195 cm³/mol. The fourth-order valence-electron chi connectivity index (χ4n) is 4.42. The molecule has 0 aliphatic carbocycles. The van der Waals surface area contributed by atoms with Crippen molar-refractivity contribution in [3.63, 3.8) is 0 Å². The first kappa shape index (κ1) is 43.0. The van der Waals surface area contributed by atoms with Gasteiger partial charge in [0.15, 0.2) is 11.7 Å². The number of alkyl halides is 3. The van der Waals surface area contributed by atoms with E-state index in [9.17, 15) is 37.2 Å². The Morgan fingerprint density at radius 2 is 1.24 bits per heavy atom. The Morgan fingerprint density at radius 1 is 0.764 bits per heavy atom. The van der Waals surface area contributed by atoms with Gasteiger partial charge < -0.3 is 46.7 Å². The number of aliphatic hydroxyl groups excluding tert-OH is 1. The quantitative estimate of drug-likeness (QED) is 0.0518. The summed E-state index contributed by atoms with van der Waals surface area (Å²) in [5, 5.41) is 24.7. The Balaban J connectivity index is 0.00000106. The number of hydrogen-bond acceptors (Lipinski definition) is 9. The van der Waals surface area contributed by atoms with Crippen molar-refractivity contribution < 1.29 is 56.2 Å². The van der Waals surface area contributed by atoms with Crippen LogP contribution in [0.3, 0.4) is 0 Å². The number of guanidine groups is 1. The average Bonchev–Trinajstić information content (AvgIpc) is 3.14. The number of carboxylic acids is 1. The first-order chi connectivity index (χ1) is 26.0. The molecule has 0 radical (unpaired) electrons. The molecule has 292 valence electrons. The number of para-hydroxylation sites is 2. The van der Waals surface area contributed by atoms with Crippen LogP contribution in [0.25, 0.3) is 0 Å². The summed E-state index contributed by atoms with van der Waals surface area (Å²) in [5.41, 5.74) is 12.4. The average molecular weight is 787 g/mol. The molecule has 3 atom stereocenters. The van der Waals surface area contributed by atoms with Gasteiger partial charge in [-0.05, 0) is 61.0 Å². The van der Waals surface area contributed by atoms with Crippen LogP contribution >= 0.6 is 7.60 Å². The topological polar surface area (TPSA) is 245 Å². The van der Waals surface area contributed by atoms with Crippen LogP contribution in [0.4, 0.5) is 18.9 Å². The number of nitrogens with two attached hydrogens (primary N) is 2. The van der Waals surface area contributed by atoms with Crippen molar-refractivity contribution in [1.29, 1.82) is 0 Å². The van der Waals surface area contributed by atoms with E-state index in [-0.39, 0.29) is 29.4 Å². The lowest BCUT2D eigenvalue weighted by Crippen LogP contribution is -2.55. The van der Waals surface area contributed by atoms with Crippen LogP contribution in [-0.4, -0.2) is 70.5 Å². The Bertz CT molecular complexity index is 1910. The standard InChI is InChI=1S/C34H37N6O7P.C2HF3O2/c1-23(37-33(44)29(22-41)39-32(43)25-11-5-2-6-12-25)31(42)40-30(21-24-17-19-26(20-18-24)38-34(35)36)48(45,46-27-13-7-3-8-14-27)47-28-15-9-4-10-16-28;3-2(4,5)1(6)7/h2-20,23,29-30,41H,21-22H2,1H3,(H,37,44)(H,39,43)(H,40,42)(H4,35,36,38);(H,6,7)/t23-,29+,30?;/m0./s1. The number of halogens is 3. The van der Waals surface area contributed by atoms with Gasteiger partial charge in [-0.1, -0.05) is 66.7 Å². The summed E-state index contributed by atoms with van der Waals surface area (Å²) in [5.74, 6) is -5.79. The summed E-state index contributed by atoms with van der Waals surface area (Å²) in [7, 11) is -4.29. The first-order valence-electron chi connectivity index (χ1n) is 16.2. The lowest BCUT2D eigenvalue weighted by atomic mass is 10.1. The molecular weight excluding hydrogens is 748 g/mol. The molecule has 0 bridgehead atoms. The van der Waals surface area contributed by atoms with Crippen LogP contribution in [0, 0.1) is 0 Å². The summed E-state index contributed by atoms with van der Waals surface area (Å²) in [6, 6.07) is 29.0. The lowest BCUT2D eigenvalue weighted by molar-refractivity contribution is -0.192. The number of carbonyl (C=O) groups is 4. The number of aliphatic carboxylic acids is 1. The van der Waals surface area contributed by atoms with Gasteiger partial charge in [0, 0.05) is 12.0 Å². The minimum absolute atomic E-state index is 0.0299. The molecule has 55 heavy (non-hydrogen) atoms. The molecule has 0 fully saturated rings. The monoisotopic (exact) mass is 786 g/mol. The number of nitrogens with one attached hydrogen (secondary N) is 3. The zero-order chi connectivity index (χ0) is 40.6. The Kier molecular flexibility index (Phi) is 15.8. The molecule has 0 aliphatic heterocycles. The van der Waals surface area contributed by atoms with Crippen molar-refractivity contribution in [3.8, 4) is 11.5 Å². The van der Waals surface area contributed by atoms with Gasteiger partial charge in [-0.15, -0.1) is 0 Å². The molecule has 0 heterocycles. The lowest BCUT2D eigenvalue weighted by Gasteiger charge is -2.29. The third-order valence-corrected chi connectivity index (χ3v) is 9.11. The van der Waals surface area contributed by atoms with E-state index in [1.807, 2.05) is 0 Å². The van der Waals surface area contributed by atoms with Gasteiger partial charge >= 0.3 is 19.7 Å². The highest BCUT2D eigenvalue weighted by Gasteiger charge is 2.42. The van der Waals surface area contributed by atoms with Crippen molar-refractivity contribution in [2.75, 3.05) is 6.61 Å². The van der Waals surface area contributed by atoms with Crippen LogP contribution < -0.4 is 36.5 Å². The third kappa shape index (κ3) is 14.2. The molecule has 1 unspecified atom stereocenters. The van der Waals surface area contributed by atoms with Crippen LogP contribution in [0.2, 0.25) is 0 Å². The van der Waals surface area contributed by atoms with Gasteiger partial charge in [-0.2, -0.15) is 13.2 Å². The number of carbonyl (C=O) groups excluding carboxylic acids is 3. The van der Waals surface area contributed by atoms with Gasteiger partial charge in [0.25, 0.3) is 5.91 Å². The highest BCUT2D eigenvalue weighted by molar-refractivity contribution is 7.55. The Morgan fingerprint density at radius 3 is 1.67 bits per heavy atom. The van der Waals surface area contributed by atoms with Crippen LogP contribution in [0.15, 0.2) is 120 Å². The van der Waals surface area contributed by atoms with E-state index in [0.717, 1.165) is 0 Å². The molecular formula is C36H38F3N6O9P. The number of rotatable bonds is 15. The van der Waals surface area contributed by atoms with Gasteiger partial charge in [-0.3, -0.25) is 14.4 Å². The largest absolute Gasteiger partial charge is 0.490 e. The van der Waals surface area contributed by atoms with E-state index >= 15 is 0 Å².